The summed E-state index contributed by atoms with van der Waals surface area (Å²) >= 11 is 3.50. The summed E-state index contributed by atoms with van der Waals surface area (Å²) in [7, 11) is 0. The molecule has 0 fully saturated rings. The Bertz CT molecular complexity index is 359. The molecule has 98 valence electrons. The van der Waals surface area contributed by atoms with Crippen molar-refractivity contribution in [1.82, 2.24) is 0 Å². The lowest BCUT2D eigenvalue weighted by molar-refractivity contribution is 0.0877. The van der Waals surface area contributed by atoms with Crippen LogP contribution in [0.5, 0.6) is 0 Å². The minimum atomic E-state index is -0.496. The molecule has 0 saturated heterocycles. The van der Waals surface area contributed by atoms with Crippen LogP contribution in [0.15, 0.2) is 22.7 Å². The highest BCUT2D eigenvalue weighted by Crippen LogP contribution is 2.28. The van der Waals surface area contributed by atoms with E-state index in [2.05, 4.69) is 22.9 Å². The Kier molecular flexibility index (Phi) is 7.33. The van der Waals surface area contributed by atoms with Gasteiger partial charge in [-0.3, -0.25) is 0 Å². The summed E-state index contributed by atoms with van der Waals surface area (Å²) in [6.07, 6.45) is 0.433. The van der Waals surface area contributed by atoms with E-state index in [9.17, 15) is 5.11 Å². The molecular formula is C13H21BrClNO. The zero-order valence-electron chi connectivity index (χ0n) is 10.5. The molecule has 0 aliphatic heterocycles. The second-order valence-corrected chi connectivity index (χ2v) is 5.28. The largest absolute Gasteiger partial charge is 0.391 e. The molecule has 0 aromatic heterocycles. The van der Waals surface area contributed by atoms with Gasteiger partial charge in [-0.05, 0) is 30.0 Å². The molecule has 3 N–H and O–H groups in total. The zero-order chi connectivity index (χ0) is 12.3. The number of nitrogens with two attached hydrogens (primary N) is 1. The lowest BCUT2D eigenvalue weighted by Gasteiger charge is -2.25. The summed E-state index contributed by atoms with van der Waals surface area (Å²) in [5.74, 6) is 0.211. The average Bonchev–Trinajstić information content (AvgIpc) is 2.26. The van der Waals surface area contributed by atoms with Crippen LogP contribution < -0.4 is 5.73 Å². The number of aryl methyl sites for hydroxylation is 1. The Balaban J connectivity index is 0.00000256. The van der Waals surface area contributed by atoms with Crippen LogP contribution in [-0.2, 0) is 0 Å². The molecule has 4 heteroatoms. The van der Waals surface area contributed by atoms with Gasteiger partial charge in [-0.15, -0.1) is 12.4 Å². The summed E-state index contributed by atoms with van der Waals surface area (Å²) in [6.45, 7) is 6.11. The normalized spacial score (nSPS) is 15.9. The van der Waals surface area contributed by atoms with Crippen molar-refractivity contribution in [2.45, 2.75) is 39.3 Å². The van der Waals surface area contributed by atoms with Gasteiger partial charge in [0.05, 0.1) is 12.1 Å². The molecular weight excluding hydrogens is 302 g/mol. The van der Waals surface area contributed by atoms with Crippen LogP contribution in [-0.4, -0.2) is 11.2 Å². The molecule has 1 aromatic carbocycles. The molecule has 0 heterocycles. The van der Waals surface area contributed by atoms with E-state index in [1.165, 1.54) is 5.56 Å². The van der Waals surface area contributed by atoms with Crippen LogP contribution in [0.1, 0.15) is 37.4 Å². The van der Waals surface area contributed by atoms with E-state index < -0.39 is 6.10 Å². The van der Waals surface area contributed by atoms with E-state index in [1.807, 2.05) is 32.0 Å². The Morgan fingerprint density at radius 2 is 2.00 bits per heavy atom. The van der Waals surface area contributed by atoms with Gasteiger partial charge in [0, 0.05) is 4.47 Å². The van der Waals surface area contributed by atoms with Crippen molar-refractivity contribution in [3.8, 4) is 0 Å². The van der Waals surface area contributed by atoms with Gasteiger partial charge in [0.15, 0.2) is 0 Å². The number of rotatable bonds is 4. The smallest absolute Gasteiger partial charge is 0.0758 e. The summed E-state index contributed by atoms with van der Waals surface area (Å²) in [4.78, 5) is 0. The highest BCUT2D eigenvalue weighted by molar-refractivity contribution is 9.10. The van der Waals surface area contributed by atoms with Gasteiger partial charge in [0.25, 0.3) is 0 Å². The summed E-state index contributed by atoms with van der Waals surface area (Å²) in [6, 6.07) is 5.70. The third-order valence-corrected chi connectivity index (χ3v) is 3.80. The summed E-state index contributed by atoms with van der Waals surface area (Å²) in [5, 5.41) is 10.1. The lowest BCUT2D eigenvalue weighted by Crippen LogP contribution is -2.31. The monoisotopic (exact) mass is 321 g/mol. The predicted molar refractivity (Wildman–Crippen MR) is 78.5 cm³/mol. The highest BCUT2D eigenvalue weighted by Gasteiger charge is 2.23. The Hall–Kier alpha value is -0.0900. The molecule has 1 aromatic rings. The van der Waals surface area contributed by atoms with E-state index in [-0.39, 0.29) is 24.4 Å². The molecule has 0 saturated carbocycles. The molecule has 3 atom stereocenters. The fourth-order valence-electron chi connectivity index (χ4n) is 1.68. The molecule has 0 aliphatic rings. The number of hydrogen-bond donors (Lipinski definition) is 2. The van der Waals surface area contributed by atoms with E-state index >= 15 is 0 Å². The average molecular weight is 323 g/mol. The summed E-state index contributed by atoms with van der Waals surface area (Å²) in [5.41, 5.74) is 8.24. The maximum absolute atomic E-state index is 10.1. The maximum atomic E-state index is 10.1. The highest BCUT2D eigenvalue weighted by atomic mass is 79.9. The van der Waals surface area contributed by atoms with Gasteiger partial charge in [-0.1, -0.05) is 48.3 Å². The molecule has 0 radical (unpaired) electrons. The standard InChI is InChI=1S/C13H20BrNO.ClH/c1-4-9(3)13(16)12(15)10-6-5-8(2)7-11(10)14;/h5-7,9,12-13,16H,4,15H2,1-3H3;1H/t9?,12-,13+;/m1./s1. The molecule has 1 rings (SSSR count). The first-order valence-corrected chi connectivity index (χ1v) is 6.46. The van der Waals surface area contributed by atoms with Crippen LogP contribution in [0.25, 0.3) is 0 Å². The first-order valence-electron chi connectivity index (χ1n) is 5.67. The second-order valence-electron chi connectivity index (χ2n) is 4.43. The van der Waals surface area contributed by atoms with Gasteiger partial charge in [-0.25, -0.2) is 0 Å². The second kappa shape index (κ2) is 7.37. The van der Waals surface area contributed by atoms with Gasteiger partial charge in [0.1, 0.15) is 0 Å². The maximum Gasteiger partial charge on any atom is 0.0758 e. The van der Waals surface area contributed by atoms with E-state index in [0.29, 0.717) is 0 Å². The molecule has 17 heavy (non-hydrogen) atoms. The fraction of sp³-hybridized carbons (Fsp3) is 0.538. The Morgan fingerprint density at radius 1 is 1.41 bits per heavy atom. The number of halogens is 2. The van der Waals surface area contributed by atoms with Crippen molar-refractivity contribution < 1.29 is 5.11 Å². The van der Waals surface area contributed by atoms with Gasteiger partial charge in [0.2, 0.25) is 0 Å². The van der Waals surface area contributed by atoms with Crippen LogP contribution in [0, 0.1) is 12.8 Å². The molecule has 0 aliphatic carbocycles. The van der Waals surface area contributed by atoms with Crippen molar-refractivity contribution >= 4 is 28.3 Å². The van der Waals surface area contributed by atoms with Crippen molar-refractivity contribution in [3.63, 3.8) is 0 Å². The van der Waals surface area contributed by atoms with E-state index in [4.69, 9.17) is 5.73 Å². The van der Waals surface area contributed by atoms with E-state index in [1.54, 1.807) is 0 Å². The topological polar surface area (TPSA) is 46.2 Å². The molecule has 1 unspecified atom stereocenters. The first kappa shape index (κ1) is 16.9. The van der Waals surface area contributed by atoms with Crippen LogP contribution in [0.2, 0.25) is 0 Å². The third-order valence-electron chi connectivity index (χ3n) is 3.11. The third kappa shape index (κ3) is 4.25. The predicted octanol–water partition coefficient (Wildman–Crippen LogP) is 3.59. The number of benzene rings is 1. The minimum Gasteiger partial charge on any atom is -0.391 e. The first-order chi connectivity index (χ1) is 7.47. The van der Waals surface area contributed by atoms with Crippen LogP contribution >= 0.6 is 28.3 Å². The van der Waals surface area contributed by atoms with E-state index in [0.717, 1.165) is 16.5 Å². The lowest BCUT2D eigenvalue weighted by atomic mass is 9.91. The summed E-state index contributed by atoms with van der Waals surface area (Å²) < 4.78 is 0.974. The van der Waals surface area contributed by atoms with Gasteiger partial charge in [-0.2, -0.15) is 0 Å². The van der Waals surface area contributed by atoms with Crippen molar-refractivity contribution in [3.05, 3.63) is 33.8 Å². The molecule has 0 bridgehead atoms. The zero-order valence-corrected chi connectivity index (χ0v) is 12.9. The van der Waals surface area contributed by atoms with Crippen LogP contribution in [0.3, 0.4) is 0 Å². The van der Waals surface area contributed by atoms with Crippen molar-refractivity contribution in [2.24, 2.45) is 11.7 Å². The molecule has 2 nitrogen and oxygen atoms in total. The molecule has 0 amide bonds. The Morgan fingerprint density at radius 3 is 2.47 bits per heavy atom. The molecule has 0 spiro atoms. The minimum absolute atomic E-state index is 0. The number of hydrogen-bond acceptors (Lipinski definition) is 2. The SMILES string of the molecule is CCC(C)[C@H](O)[C@H](N)c1ccc(C)cc1Br.Cl. The van der Waals surface area contributed by atoms with Crippen LogP contribution in [0.4, 0.5) is 0 Å². The number of aliphatic hydroxyl groups excluding tert-OH is 1. The quantitative estimate of drug-likeness (QED) is 0.890. The van der Waals surface area contributed by atoms with Gasteiger partial charge >= 0.3 is 0 Å². The van der Waals surface area contributed by atoms with Crippen molar-refractivity contribution in [1.29, 1.82) is 0 Å². The fourth-order valence-corrected chi connectivity index (χ4v) is 2.44. The van der Waals surface area contributed by atoms with Crippen molar-refractivity contribution in [2.75, 3.05) is 0 Å². The number of aliphatic hydroxyl groups is 1. The van der Waals surface area contributed by atoms with Gasteiger partial charge < -0.3 is 10.8 Å². The Labute approximate surface area is 118 Å².